The van der Waals surface area contributed by atoms with Gasteiger partial charge in [-0.2, -0.15) is 0 Å². The van der Waals surface area contributed by atoms with E-state index in [-0.39, 0.29) is 0 Å². The number of para-hydroxylation sites is 1. The van der Waals surface area contributed by atoms with Gasteiger partial charge in [0.05, 0.1) is 0 Å². The summed E-state index contributed by atoms with van der Waals surface area (Å²) < 4.78 is 0. The van der Waals surface area contributed by atoms with Gasteiger partial charge in [-0.15, -0.1) is 0 Å². The molecular formula is C15H23N. The first-order valence-corrected chi connectivity index (χ1v) is 6.07. The number of allylic oxidation sites excluding steroid dienone is 2. The van der Waals surface area contributed by atoms with E-state index in [4.69, 9.17) is 0 Å². The van der Waals surface area contributed by atoms with Crippen LogP contribution < -0.4 is 4.90 Å². The lowest BCUT2D eigenvalue weighted by Gasteiger charge is -2.27. The van der Waals surface area contributed by atoms with E-state index < -0.39 is 0 Å². The van der Waals surface area contributed by atoms with E-state index in [2.05, 4.69) is 69.9 Å². The molecule has 16 heavy (non-hydrogen) atoms. The molecule has 0 saturated carbocycles. The van der Waals surface area contributed by atoms with Crippen molar-refractivity contribution >= 4 is 5.69 Å². The highest BCUT2D eigenvalue weighted by Gasteiger charge is 2.10. The Kier molecular flexibility index (Phi) is 4.60. The fourth-order valence-electron chi connectivity index (χ4n) is 1.85. The van der Waals surface area contributed by atoms with Gasteiger partial charge < -0.3 is 4.90 Å². The molecule has 0 saturated heterocycles. The normalized spacial score (nSPS) is 12.6. The number of hydrogen-bond donors (Lipinski definition) is 0. The largest absolute Gasteiger partial charge is 0.346 e. The van der Waals surface area contributed by atoms with Crippen molar-refractivity contribution in [3.05, 3.63) is 41.6 Å². The summed E-state index contributed by atoms with van der Waals surface area (Å²) in [5.74, 6) is 0.609. The van der Waals surface area contributed by atoms with Gasteiger partial charge in [-0.05, 0) is 38.8 Å². The molecule has 0 fully saturated rings. The summed E-state index contributed by atoms with van der Waals surface area (Å²) in [4.78, 5) is 2.37. The Morgan fingerprint density at radius 2 is 1.69 bits per heavy atom. The van der Waals surface area contributed by atoms with Crippen LogP contribution >= 0.6 is 0 Å². The van der Waals surface area contributed by atoms with Crippen molar-refractivity contribution in [3.8, 4) is 0 Å². The number of anilines is 1. The third-order valence-electron chi connectivity index (χ3n) is 3.23. The van der Waals surface area contributed by atoms with Gasteiger partial charge in [0.25, 0.3) is 0 Å². The zero-order valence-corrected chi connectivity index (χ0v) is 11.1. The van der Waals surface area contributed by atoms with Crippen LogP contribution in [0.5, 0.6) is 0 Å². The van der Waals surface area contributed by atoms with Crippen LogP contribution in [0.25, 0.3) is 0 Å². The van der Waals surface area contributed by atoms with Gasteiger partial charge in [-0.3, -0.25) is 0 Å². The molecule has 0 aliphatic heterocycles. The van der Waals surface area contributed by atoms with Crippen molar-refractivity contribution in [2.45, 2.75) is 34.6 Å². The van der Waals surface area contributed by atoms with Gasteiger partial charge in [0.15, 0.2) is 0 Å². The molecule has 0 aliphatic carbocycles. The Hall–Kier alpha value is -1.24. The molecule has 0 atom stereocenters. The predicted octanol–water partition coefficient (Wildman–Crippen LogP) is 4.46. The van der Waals surface area contributed by atoms with E-state index in [1.807, 2.05) is 0 Å². The summed E-state index contributed by atoms with van der Waals surface area (Å²) in [6.07, 6.45) is 0. The Morgan fingerprint density at radius 1 is 1.12 bits per heavy atom. The SMILES string of the molecule is CCN(/C(C)=C(/C)C(C)C)c1ccccc1. The Morgan fingerprint density at radius 3 is 2.12 bits per heavy atom. The van der Waals surface area contributed by atoms with Gasteiger partial charge in [0.1, 0.15) is 0 Å². The van der Waals surface area contributed by atoms with Crippen LogP contribution in [0.3, 0.4) is 0 Å². The molecule has 1 nitrogen and oxygen atoms in total. The number of benzene rings is 1. The van der Waals surface area contributed by atoms with E-state index in [9.17, 15) is 0 Å². The topological polar surface area (TPSA) is 3.24 Å². The zero-order valence-electron chi connectivity index (χ0n) is 11.1. The first-order valence-electron chi connectivity index (χ1n) is 6.07. The van der Waals surface area contributed by atoms with Crippen molar-refractivity contribution in [2.75, 3.05) is 11.4 Å². The average Bonchev–Trinajstić information content (AvgIpc) is 2.30. The third kappa shape index (κ3) is 2.88. The number of nitrogens with zero attached hydrogens (tertiary/aromatic N) is 1. The smallest absolute Gasteiger partial charge is 0.0408 e. The van der Waals surface area contributed by atoms with Gasteiger partial charge in [-0.1, -0.05) is 37.6 Å². The average molecular weight is 217 g/mol. The molecule has 0 bridgehead atoms. The van der Waals surface area contributed by atoms with E-state index in [1.54, 1.807) is 0 Å². The number of rotatable bonds is 4. The van der Waals surface area contributed by atoms with E-state index >= 15 is 0 Å². The summed E-state index contributed by atoms with van der Waals surface area (Å²) in [5.41, 5.74) is 4.12. The summed E-state index contributed by atoms with van der Waals surface area (Å²) in [5, 5.41) is 0. The van der Waals surface area contributed by atoms with Gasteiger partial charge >= 0.3 is 0 Å². The monoisotopic (exact) mass is 217 g/mol. The maximum atomic E-state index is 2.37. The molecule has 0 radical (unpaired) electrons. The van der Waals surface area contributed by atoms with E-state index in [0.717, 1.165) is 6.54 Å². The van der Waals surface area contributed by atoms with Gasteiger partial charge in [0.2, 0.25) is 0 Å². The molecule has 0 unspecified atom stereocenters. The maximum Gasteiger partial charge on any atom is 0.0408 e. The summed E-state index contributed by atoms with van der Waals surface area (Å²) in [6.45, 7) is 12.1. The highest BCUT2D eigenvalue weighted by molar-refractivity contribution is 5.52. The first kappa shape index (κ1) is 12.8. The molecule has 0 amide bonds. The van der Waals surface area contributed by atoms with Crippen LogP contribution in [0.4, 0.5) is 5.69 Å². The van der Waals surface area contributed by atoms with E-state index in [0.29, 0.717) is 5.92 Å². The quantitative estimate of drug-likeness (QED) is 0.719. The lowest BCUT2D eigenvalue weighted by atomic mass is 10.0. The van der Waals surface area contributed by atoms with Crippen LogP contribution in [-0.4, -0.2) is 6.54 Å². The van der Waals surface area contributed by atoms with Gasteiger partial charge in [0, 0.05) is 17.9 Å². The minimum Gasteiger partial charge on any atom is -0.346 e. The molecule has 0 N–H and O–H groups in total. The fourth-order valence-corrected chi connectivity index (χ4v) is 1.85. The Labute approximate surface area is 99.8 Å². The Balaban J connectivity index is 3.05. The van der Waals surface area contributed by atoms with Crippen LogP contribution in [0.2, 0.25) is 0 Å². The maximum absolute atomic E-state index is 2.37. The molecule has 0 aromatic heterocycles. The molecular weight excluding hydrogens is 194 g/mol. The van der Waals surface area contributed by atoms with Crippen molar-refractivity contribution in [1.82, 2.24) is 0 Å². The van der Waals surface area contributed by atoms with E-state index in [1.165, 1.54) is 17.0 Å². The van der Waals surface area contributed by atoms with Crippen LogP contribution in [0, 0.1) is 5.92 Å². The second-order valence-corrected chi connectivity index (χ2v) is 4.50. The number of hydrogen-bond acceptors (Lipinski definition) is 1. The predicted molar refractivity (Wildman–Crippen MR) is 72.7 cm³/mol. The standard InChI is InChI=1S/C15H23N/c1-6-16(14(5)13(4)12(2)3)15-10-8-7-9-11-15/h7-12H,6H2,1-5H3/b14-13-. The molecule has 88 valence electrons. The first-order chi connectivity index (χ1) is 7.57. The molecule has 0 spiro atoms. The Bertz CT molecular complexity index is 349. The molecule has 1 aromatic rings. The second kappa shape index (κ2) is 5.74. The lowest BCUT2D eigenvalue weighted by molar-refractivity contribution is 0.742. The third-order valence-corrected chi connectivity index (χ3v) is 3.23. The van der Waals surface area contributed by atoms with Crippen molar-refractivity contribution in [3.63, 3.8) is 0 Å². The molecule has 1 heteroatoms. The van der Waals surface area contributed by atoms with Crippen LogP contribution in [-0.2, 0) is 0 Å². The van der Waals surface area contributed by atoms with Gasteiger partial charge in [-0.25, -0.2) is 0 Å². The van der Waals surface area contributed by atoms with Crippen LogP contribution in [0.1, 0.15) is 34.6 Å². The summed E-state index contributed by atoms with van der Waals surface area (Å²) >= 11 is 0. The highest BCUT2D eigenvalue weighted by Crippen LogP contribution is 2.23. The second-order valence-electron chi connectivity index (χ2n) is 4.50. The van der Waals surface area contributed by atoms with Crippen molar-refractivity contribution in [1.29, 1.82) is 0 Å². The molecule has 0 heterocycles. The minimum absolute atomic E-state index is 0.609. The molecule has 0 aliphatic rings. The minimum atomic E-state index is 0.609. The van der Waals surface area contributed by atoms with Crippen molar-refractivity contribution in [2.24, 2.45) is 5.92 Å². The highest BCUT2D eigenvalue weighted by atomic mass is 15.1. The summed E-state index contributed by atoms with van der Waals surface area (Å²) in [7, 11) is 0. The summed E-state index contributed by atoms with van der Waals surface area (Å²) in [6, 6.07) is 10.6. The van der Waals surface area contributed by atoms with Crippen LogP contribution in [0.15, 0.2) is 41.6 Å². The fraction of sp³-hybridized carbons (Fsp3) is 0.467. The van der Waals surface area contributed by atoms with Crippen molar-refractivity contribution < 1.29 is 0 Å². The molecule has 1 aromatic carbocycles. The zero-order chi connectivity index (χ0) is 12.1. The molecule has 1 rings (SSSR count). The lowest BCUT2D eigenvalue weighted by Crippen LogP contribution is -2.22.